The van der Waals surface area contributed by atoms with E-state index in [1.807, 2.05) is 0 Å². The minimum Gasteiger partial charge on any atom is -0.493 e. The van der Waals surface area contributed by atoms with Gasteiger partial charge in [-0.1, -0.05) is 12.5 Å². The van der Waals surface area contributed by atoms with Gasteiger partial charge in [0.1, 0.15) is 6.10 Å². The van der Waals surface area contributed by atoms with E-state index in [0.717, 1.165) is 24.5 Å². The third-order valence-electron chi connectivity index (χ3n) is 3.91. The number of methoxy groups -OCH3 is 1. The van der Waals surface area contributed by atoms with Crippen LogP contribution in [-0.4, -0.2) is 19.8 Å². The molecule has 2 heterocycles. The summed E-state index contributed by atoms with van der Waals surface area (Å²) in [6.45, 7) is 3.23. The van der Waals surface area contributed by atoms with Crippen molar-refractivity contribution in [3.63, 3.8) is 0 Å². The molecule has 0 radical (unpaired) electrons. The average molecular weight is 247 g/mol. The van der Waals surface area contributed by atoms with E-state index in [1.54, 1.807) is 7.11 Å². The molecule has 1 fully saturated rings. The smallest absolute Gasteiger partial charge is 0.164 e. The number of nitrogens with one attached hydrogen (secondary N) is 1. The number of fused-ring (bicyclic) bond motifs is 1. The summed E-state index contributed by atoms with van der Waals surface area (Å²) < 4.78 is 11.3. The van der Waals surface area contributed by atoms with E-state index < -0.39 is 0 Å². The van der Waals surface area contributed by atoms with Crippen LogP contribution in [0, 0.1) is 0 Å². The lowest BCUT2D eigenvalue weighted by molar-refractivity contribution is 0.243. The van der Waals surface area contributed by atoms with Crippen LogP contribution in [0.3, 0.4) is 0 Å². The fourth-order valence-electron chi connectivity index (χ4n) is 3.01. The highest BCUT2D eigenvalue weighted by Crippen LogP contribution is 2.41. The van der Waals surface area contributed by atoms with Gasteiger partial charge in [0.2, 0.25) is 0 Å². The second-order valence-electron chi connectivity index (χ2n) is 5.35. The summed E-state index contributed by atoms with van der Waals surface area (Å²) in [5.41, 5.74) is 2.65. The van der Waals surface area contributed by atoms with E-state index in [2.05, 4.69) is 24.4 Å². The summed E-state index contributed by atoms with van der Waals surface area (Å²) in [4.78, 5) is 0. The summed E-state index contributed by atoms with van der Waals surface area (Å²) in [6, 6.07) is 4.92. The summed E-state index contributed by atoms with van der Waals surface area (Å²) in [6.07, 6.45) is 5.08. The molecule has 3 rings (SSSR count). The predicted octanol–water partition coefficient (Wildman–Crippen LogP) is 2.83. The molecule has 2 aliphatic rings. The number of hydrogen-bond acceptors (Lipinski definition) is 3. The van der Waals surface area contributed by atoms with Crippen molar-refractivity contribution in [1.82, 2.24) is 5.32 Å². The van der Waals surface area contributed by atoms with Crippen LogP contribution >= 0.6 is 0 Å². The molecule has 1 saturated heterocycles. The molecule has 1 aromatic rings. The summed E-state index contributed by atoms with van der Waals surface area (Å²) in [5, 5.41) is 3.59. The summed E-state index contributed by atoms with van der Waals surface area (Å²) in [7, 11) is 1.72. The molecule has 0 aliphatic carbocycles. The Labute approximate surface area is 108 Å². The Morgan fingerprint density at radius 2 is 2.22 bits per heavy atom. The Bertz CT molecular complexity index is 438. The highest BCUT2D eigenvalue weighted by molar-refractivity contribution is 5.52. The van der Waals surface area contributed by atoms with E-state index >= 15 is 0 Å². The highest BCUT2D eigenvalue weighted by atomic mass is 16.5. The molecule has 0 spiro atoms. The summed E-state index contributed by atoms with van der Waals surface area (Å²) in [5.74, 6) is 1.84. The molecule has 1 N–H and O–H groups in total. The zero-order valence-electron chi connectivity index (χ0n) is 11.2. The monoisotopic (exact) mass is 247 g/mol. The lowest BCUT2D eigenvalue weighted by Gasteiger charge is -2.24. The molecule has 0 aromatic heterocycles. The van der Waals surface area contributed by atoms with Gasteiger partial charge in [-0.25, -0.2) is 0 Å². The Balaban J connectivity index is 1.94. The van der Waals surface area contributed by atoms with E-state index in [1.165, 1.54) is 30.4 Å². The normalized spacial score (nSPS) is 26.6. The fraction of sp³-hybridized carbons (Fsp3) is 0.600. The van der Waals surface area contributed by atoms with Gasteiger partial charge in [0.05, 0.1) is 7.11 Å². The standard InChI is InChI=1S/C15H21NO2/c1-10-7-12-8-11(13-5-3-4-6-16-13)9-14(17-2)15(12)18-10/h8-10,13,16H,3-7H2,1-2H3. The molecule has 0 bridgehead atoms. The van der Waals surface area contributed by atoms with Crippen molar-refractivity contribution < 1.29 is 9.47 Å². The number of piperidine rings is 1. The number of hydrogen-bond donors (Lipinski definition) is 1. The third-order valence-corrected chi connectivity index (χ3v) is 3.91. The largest absolute Gasteiger partial charge is 0.493 e. The van der Waals surface area contributed by atoms with Crippen LogP contribution in [0.2, 0.25) is 0 Å². The van der Waals surface area contributed by atoms with Crippen LogP contribution in [0.25, 0.3) is 0 Å². The van der Waals surface area contributed by atoms with Gasteiger partial charge in [0.25, 0.3) is 0 Å². The summed E-state index contributed by atoms with van der Waals surface area (Å²) >= 11 is 0. The Morgan fingerprint density at radius 3 is 2.94 bits per heavy atom. The first-order chi connectivity index (χ1) is 8.78. The van der Waals surface area contributed by atoms with E-state index in [-0.39, 0.29) is 6.10 Å². The maximum absolute atomic E-state index is 5.83. The first-order valence-corrected chi connectivity index (χ1v) is 6.89. The molecule has 2 aliphatic heterocycles. The topological polar surface area (TPSA) is 30.5 Å². The Kier molecular flexibility index (Phi) is 3.16. The molecule has 3 heteroatoms. The highest BCUT2D eigenvalue weighted by Gasteiger charge is 2.26. The van der Waals surface area contributed by atoms with Crippen LogP contribution in [0.5, 0.6) is 11.5 Å². The van der Waals surface area contributed by atoms with E-state index in [9.17, 15) is 0 Å². The maximum Gasteiger partial charge on any atom is 0.164 e. The van der Waals surface area contributed by atoms with Crippen molar-refractivity contribution in [3.8, 4) is 11.5 Å². The van der Waals surface area contributed by atoms with Gasteiger partial charge in [-0.05, 0) is 37.9 Å². The number of benzene rings is 1. The van der Waals surface area contributed by atoms with Crippen LogP contribution in [0.15, 0.2) is 12.1 Å². The molecule has 18 heavy (non-hydrogen) atoms. The minimum atomic E-state index is 0.267. The second-order valence-corrected chi connectivity index (χ2v) is 5.35. The van der Waals surface area contributed by atoms with Crippen LogP contribution < -0.4 is 14.8 Å². The molecule has 98 valence electrons. The minimum absolute atomic E-state index is 0.267. The van der Waals surface area contributed by atoms with Crippen molar-refractivity contribution in [1.29, 1.82) is 0 Å². The van der Waals surface area contributed by atoms with E-state index in [4.69, 9.17) is 9.47 Å². The van der Waals surface area contributed by atoms with Gasteiger partial charge in [0.15, 0.2) is 11.5 Å². The molecular weight excluding hydrogens is 226 g/mol. The van der Waals surface area contributed by atoms with Crippen molar-refractivity contribution in [2.24, 2.45) is 0 Å². The van der Waals surface area contributed by atoms with Crippen LogP contribution in [-0.2, 0) is 6.42 Å². The third kappa shape index (κ3) is 2.07. The molecule has 2 unspecified atom stereocenters. The molecule has 0 saturated carbocycles. The van der Waals surface area contributed by atoms with Gasteiger partial charge in [0, 0.05) is 18.0 Å². The zero-order valence-corrected chi connectivity index (χ0v) is 11.2. The van der Waals surface area contributed by atoms with Crippen molar-refractivity contribution in [3.05, 3.63) is 23.3 Å². The second kappa shape index (κ2) is 4.81. The van der Waals surface area contributed by atoms with Gasteiger partial charge < -0.3 is 14.8 Å². The first kappa shape index (κ1) is 11.8. The molecular formula is C15H21NO2. The lowest BCUT2D eigenvalue weighted by atomic mass is 9.95. The first-order valence-electron chi connectivity index (χ1n) is 6.89. The Hall–Kier alpha value is -1.22. The SMILES string of the molecule is COc1cc(C2CCCCN2)cc2c1OC(C)C2. The number of ether oxygens (including phenoxy) is 2. The zero-order chi connectivity index (χ0) is 12.5. The van der Waals surface area contributed by atoms with Crippen LogP contribution in [0.1, 0.15) is 43.4 Å². The van der Waals surface area contributed by atoms with Crippen LogP contribution in [0.4, 0.5) is 0 Å². The van der Waals surface area contributed by atoms with Gasteiger partial charge in [-0.15, -0.1) is 0 Å². The van der Waals surface area contributed by atoms with Crippen molar-refractivity contribution >= 4 is 0 Å². The molecule has 0 amide bonds. The molecule has 3 nitrogen and oxygen atoms in total. The van der Waals surface area contributed by atoms with Gasteiger partial charge in [-0.2, -0.15) is 0 Å². The quantitative estimate of drug-likeness (QED) is 0.871. The van der Waals surface area contributed by atoms with E-state index in [0.29, 0.717) is 6.04 Å². The van der Waals surface area contributed by atoms with Gasteiger partial charge >= 0.3 is 0 Å². The Morgan fingerprint density at radius 1 is 1.33 bits per heavy atom. The fourth-order valence-corrected chi connectivity index (χ4v) is 3.01. The average Bonchev–Trinajstić information content (AvgIpc) is 2.78. The predicted molar refractivity (Wildman–Crippen MR) is 71.4 cm³/mol. The molecule has 2 atom stereocenters. The number of rotatable bonds is 2. The van der Waals surface area contributed by atoms with Crippen molar-refractivity contribution in [2.45, 2.75) is 44.8 Å². The van der Waals surface area contributed by atoms with Gasteiger partial charge in [-0.3, -0.25) is 0 Å². The lowest BCUT2D eigenvalue weighted by Crippen LogP contribution is -2.26. The maximum atomic E-state index is 5.83. The molecule has 1 aromatic carbocycles. The van der Waals surface area contributed by atoms with Crippen molar-refractivity contribution in [2.75, 3.05) is 13.7 Å².